The van der Waals surface area contributed by atoms with E-state index in [4.69, 9.17) is 22.0 Å². The van der Waals surface area contributed by atoms with Gasteiger partial charge in [-0.3, -0.25) is 10.1 Å². The van der Waals surface area contributed by atoms with Crippen LogP contribution >= 0.6 is 11.6 Å². The largest absolute Gasteiger partial charge is 0.465 e. The van der Waals surface area contributed by atoms with Crippen molar-refractivity contribution in [2.75, 3.05) is 5.32 Å². The number of aromatic nitrogens is 2. The second kappa shape index (κ2) is 7.72. The Balaban J connectivity index is 1.95. The molecule has 0 saturated carbocycles. The molecule has 3 aromatic rings. The number of carbonyl (C=O) groups is 1. The van der Waals surface area contributed by atoms with Gasteiger partial charge in [-0.25, -0.2) is 9.48 Å². The highest BCUT2D eigenvalue weighted by Crippen LogP contribution is 2.18. The topological polar surface area (TPSA) is 108 Å². The second-order valence-electron chi connectivity index (χ2n) is 5.69. The number of hydrogen-bond donors (Lipinski definition) is 2. The molecule has 2 aromatic carbocycles. The van der Waals surface area contributed by atoms with Crippen LogP contribution in [0.3, 0.4) is 0 Å². The lowest BCUT2D eigenvalue weighted by molar-refractivity contribution is 0.210. The normalized spacial score (nSPS) is 10.2. The highest BCUT2D eigenvalue weighted by molar-refractivity contribution is 6.30. The molecule has 0 unspecified atom stereocenters. The summed E-state index contributed by atoms with van der Waals surface area (Å²) >= 11 is 6.03. The van der Waals surface area contributed by atoms with Gasteiger partial charge in [0.05, 0.1) is 17.3 Å². The molecule has 0 spiro atoms. The van der Waals surface area contributed by atoms with Crippen molar-refractivity contribution in [1.82, 2.24) is 9.78 Å². The number of carboxylic acid groups (broad SMARTS) is 1. The van der Waals surface area contributed by atoms with Crippen molar-refractivity contribution in [3.63, 3.8) is 0 Å². The summed E-state index contributed by atoms with van der Waals surface area (Å²) in [6.45, 7) is 0. The molecular formula is C19H13ClN4O3. The van der Waals surface area contributed by atoms with Crippen LogP contribution in [0, 0.1) is 11.3 Å². The van der Waals surface area contributed by atoms with E-state index in [1.165, 1.54) is 23.0 Å². The predicted octanol–water partition coefficient (Wildman–Crippen LogP) is 3.44. The molecule has 0 radical (unpaired) electrons. The van der Waals surface area contributed by atoms with Gasteiger partial charge in [0.1, 0.15) is 5.69 Å². The lowest BCUT2D eigenvalue weighted by Crippen LogP contribution is -2.16. The summed E-state index contributed by atoms with van der Waals surface area (Å²) < 4.78 is 1.48. The van der Waals surface area contributed by atoms with E-state index in [9.17, 15) is 9.59 Å². The Morgan fingerprint density at radius 1 is 1.26 bits per heavy atom. The maximum absolute atomic E-state index is 12.2. The number of nitriles is 1. The molecule has 0 aliphatic rings. The van der Waals surface area contributed by atoms with E-state index >= 15 is 0 Å². The standard InChI is InChI=1S/C19H13ClN4O3/c20-14-6-13(11-21)8-16(10-14)24-5-4-18(25)17(23-24)9-12-2-1-3-15(7-12)22-19(26)27/h1-8,10,22H,9H2,(H,26,27). The van der Waals surface area contributed by atoms with E-state index in [0.29, 0.717) is 22.0 Å². The van der Waals surface area contributed by atoms with Gasteiger partial charge in [0.25, 0.3) is 0 Å². The Bertz CT molecular complexity index is 1120. The number of halogens is 1. The summed E-state index contributed by atoms with van der Waals surface area (Å²) in [5.74, 6) is 0. The van der Waals surface area contributed by atoms with Crippen LogP contribution < -0.4 is 10.7 Å². The van der Waals surface area contributed by atoms with Crippen LogP contribution in [0.1, 0.15) is 16.8 Å². The molecule has 0 bridgehead atoms. The number of nitrogens with zero attached hydrogens (tertiary/aromatic N) is 3. The first-order valence-corrected chi connectivity index (χ1v) is 8.21. The third-order valence-corrected chi connectivity index (χ3v) is 3.92. The number of benzene rings is 2. The van der Waals surface area contributed by atoms with Crippen LogP contribution in [0.25, 0.3) is 5.69 Å². The molecule has 0 saturated heterocycles. The van der Waals surface area contributed by atoms with Gasteiger partial charge in [0.2, 0.25) is 5.43 Å². The van der Waals surface area contributed by atoms with Gasteiger partial charge >= 0.3 is 6.09 Å². The molecule has 0 atom stereocenters. The summed E-state index contributed by atoms with van der Waals surface area (Å²) in [6.07, 6.45) is 0.559. The summed E-state index contributed by atoms with van der Waals surface area (Å²) in [6, 6.07) is 14.9. The van der Waals surface area contributed by atoms with E-state index in [1.807, 2.05) is 6.07 Å². The molecule has 0 aliphatic carbocycles. The lowest BCUT2D eigenvalue weighted by Gasteiger charge is -2.09. The number of nitrogens with one attached hydrogen (secondary N) is 1. The van der Waals surface area contributed by atoms with Crippen LogP contribution in [0.4, 0.5) is 10.5 Å². The zero-order chi connectivity index (χ0) is 19.4. The van der Waals surface area contributed by atoms with Gasteiger partial charge in [-0.1, -0.05) is 23.7 Å². The van der Waals surface area contributed by atoms with Crippen molar-refractivity contribution in [3.05, 3.63) is 86.8 Å². The number of hydrogen-bond acceptors (Lipinski definition) is 4. The fraction of sp³-hybridized carbons (Fsp3) is 0.0526. The zero-order valence-corrected chi connectivity index (χ0v) is 14.6. The molecule has 0 fully saturated rings. The van der Waals surface area contributed by atoms with Gasteiger partial charge in [-0.05, 0) is 35.9 Å². The first-order chi connectivity index (χ1) is 12.9. The number of rotatable bonds is 4. The predicted molar refractivity (Wildman–Crippen MR) is 100 cm³/mol. The van der Waals surface area contributed by atoms with Crippen LogP contribution in [0.2, 0.25) is 5.02 Å². The molecule has 2 N–H and O–H groups in total. The molecule has 134 valence electrons. The fourth-order valence-corrected chi connectivity index (χ4v) is 2.79. The molecule has 0 aliphatic heterocycles. The Hall–Kier alpha value is -3.63. The minimum Gasteiger partial charge on any atom is -0.465 e. The molecule has 8 heteroatoms. The molecule has 3 rings (SSSR count). The zero-order valence-electron chi connectivity index (χ0n) is 13.9. The van der Waals surface area contributed by atoms with Crippen molar-refractivity contribution < 1.29 is 9.90 Å². The fourth-order valence-electron chi connectivity index (χ4n) is 2.56. The monoisotopic (exact) mass is 380 g/mol. The highest BCUT2D eigenvalue weighted by atomic mass is 35.5. The summed E-state index contributed by atoms with van der Waals surface area (Å²) in [4.78, 5) is 23.0. The van der Waals surface area contributed by atoms with Gasteiger partial charge in [0.15, 0.2) is 0 Å². The van der Waals surface area contributed by atoms with Crippen LogP contribution in [-0.2, 0) is 6.42 Å². The molecule has 27 heavy (non-hydrogen) atoms. The van der Waals surface area contributed by atoms with E-state index in [2.05, 4.69) is 10.4 Å². The smallest absolute Gasteiger partial charge is 0.409 e. The first-order valence-electron chi connectivity index (χ1n) is 7.83. The SMILES string of the molecule is N#Cc1cc(Cl)cc(-n2ccc(=O)c(Cc3cccc(NC(=O)O)c3)n2)c1. The Morgan fingerprint density at radius 2 is 2.07 bits per heavy atom. The quantitative estimate of drug-likeness (QED) is 0.720. The van der Waals surface area contributed by atoms with Gasteiger partial charge in [0, 0.05) is 29.4 Å². The van der Waals surface area contributed by atoms with Crippen LogP contribution in [0.5, 0.6) is 0 Å². The van der Waals surface area contributed by atoms with Gasteiger partial charge in [-0.15, -0.1) is 0 Å². The van der Waals surface area contributed by atoms with Crippen molar-refractivity contribution in [1.29, 1.82) is 5.26 Å². The van der Waals surface area contributed by atoms with Crippen molar-refractivity contribution >= 4 is 23.4 Å². The third-order valence-electron chi connectivity index (χ3n) is 3.71. The lowest BCUT2D eigenvalue weighted by atomic mass is 10.1. The van der Waals surface area contributed by atoms with E-state index in [1.54, 1.807) is 36.4 Å². The summed E-state index contributed by atoms with van der Waals surface area (Å²) in [5.41, 5.74) is 2.11. The van der Waals surface area contributed by atoms with E-state index in [-0.39, 0.29) is 17.5 Å². The number of amides is 1. The third kappa shape index (κ3) is 4.51. The summed E-state index contributed by atoms with van der Waals surface area (Å²) in [7, 11) is 0. The highest BCUT2D eigenvalue weighted by Gasteiger charge is 2.08. The molecule has 1 amide bonds. The maximum Gasteiger partial charge on any atom is 0.409 e. The molecule has 1 heterocycles. The Morgan fingerprint density at radius 3 is 2.81 bits per heavy atom. The van der Waals surface area contributed by atoms with Crippen molar-refractivity contribution in [3.8, 4) is 11.8 Å². The Labute approximate surface area is 159 Å². The van der Waals surface area contributed by atoms with Crippen molar-refractivity contribution in [2.45, 2.75) is 6.42 Å². The van der Waals surface area contributed by atoms with E-state index in [0.717, 1.165) is 5.56 Å². The van der Waals surface area contributed by atoms with Crippen molar-refractivity contribution in [2.24, 2.45) is 0 Å². The average molecular weight is 381 g/mol. The second-order valence-corrected chi connectivity index (χ2v) is 6.12. The molecule has 1 aromatic heterocycles. The summed E-state index contributed by atoms with van der Waals surface area (Å²) in [5, 5.41) is 24.9. The number of anilines is 1. The van der Waals surface area contributed by atoms with Crippen LogP contribution in [-0.4, -0.2) is 21.0 Å². The average Bonchev–Trinajstić information content (AvgIpc) is 2.62. The minimum absolute atomic E-state index is 0.223. The molecular weight excluding hydrogens is 368 g/mol. The van der Waals surface area contributed by atoms with Crippen LogP contribution in [0.15, 0.2) is 59.5 Å². The van der Waals surface area contributed by atoms with Gasteiger partial charge < -0.3 is 5.11 Å². The van der Waals surface area contributed by atoms with Gasteiger partial charge in [-0.2, -0.15) is 10.4 Å². The maximum atomic E-state index is 12.2. The van der Waals surface area contributed by atoms with E-state index < -0.39 is 6.09 Å². The molecule has 7 nitrogen and oxygen atoms in total. The minimum atomic E-state index is -1.17. The first kappa shape index (κ1) is 18.2. The Kier molecular flexibility index (Phi) is 5.20.